The number of nitrogens with zero attached hydrogens (tertiary/aromatic N) is 3. The third kappa shape index (κ3) is 2.80. The number of aryl methyl sites for hydroxylation is 2. The molecule has 1 atom stereocenters. The average Bonchev–Trinajstić information content (AvgIpc) is 2.70. The highest BCUT2D eigenvalue weighted by Gasteiger charge is 2.14. The summed E-state index contributed by atoms with van der Waals surface area (Å²) in [6, 6.07) is 1.78. The molecule has 20 heavy (non-hydrogen) atoms. The molecular formula is C14H20N4O2. The summed E-state index contributed by atoms with van der Waals surface area (Å²) in [7, 11) is 1.82. The Morgan fingerprint density at radius 3 is 2.85 bits per heavy atom. The first kappa shape index (κ1) is 14.5. The van der Waals surface area contributed by atoms with Gasteiger partial charge in [-0.25, -0.2) is 4.98 Å². The lowest BCUT2D eigenvalue weighted by Crippen LogP contribution is -2.34. The van der Waals surface area contributed by atoms with Crippen LogP contribution in [0.1, 0.15) is 29.9 Å². The lowest BCUT2D eigenvalue weighted by Gasteiger charge is -2.14. The fourth-order valence-electron chi connectivity index (χ4n) is 1.97. The number of carbonyl (C=O) groups excluding carboxylic acids is 1. The minimum Gasteiger partial charge on any atom is -0.391 e. The summed E-state index contributed by atoms with van der Waals surface area (Å²) in [4.78, 5) is 16.3. The van der Waals surface area contributed by atoms with Gasteiger partial charge in [-0.1, -0.05) is 13.8 Å². The number of amides is 1. The van der Waals surface area contributed by atoms with Crippen LogP contribution in [0.2, 0.25) is 0 Å². The largest absolute Gasteiger partial charge is 0.391 e. The smallest absolute Gasteiger partial charge is 0.252 e. The second kappa shape index (κ2) is 5.58. The molecular weight excluding hydrogens is 256 g/mol. The van der Waals surface area contributed by atoms with Gasteiger partial charge < -0.3 is 10.4 Å². The number of carbonyl (C=O) groups is 1. The van der Waals surface area contributed by atoms with Crippen molar-refractivity contribution in [3.05, 3.63) is 23.5 Å². The first-order valence-corrected chi connectivity index (χ1v) is 6.65. The van der Waals surface area contributed by atoms with Gasteiger partial charge >= 0.3 is 0 Å². The molecule has 0 aliphatic heterocycles. The van der Waals surface area contributed by atoms with E-state index in [1.165, 1.54) is 6.20 Å². The number of pyridine rings is 1. The van der Waals surface area contributed by atoms with E-state index in [0.29, 0.717) is 5.56 Å². The van der Waals surface area contributed by atoms with E-state index in [-0.39, 0.29) is 18.4 Å². The van der Waals surface area contributed by atoms with Gasteiger partial charge in [-0.2, -0.15) is 5.10 Å². The zero-order chi connectivity index (χ0) is 14.9. The van der Waals surface area contributed by atoms with Crippen molar-refractivity contribution in [1.82, 2.24) is 20.1 Å². The van der Waals surface area contributed by atoms with Crippen molar-refractivity contribution >= 4 is 16.9 Å². The molecule has 6 heteroatoms. The molecule has 0 bridgehead atoms. The number of hydrogen-bond acceptors (Lipinski definition) is 4. The van der Waals surface area contributed by atoms with Crippen LogP contribution >= 0.6 is 0 Å². The molecule has 6 nitrogen and oxygen atoms in total. The SMILES string of the molecule is Cc1nn(C)c2ncc(C(=O)NCC(O)C(C)C)cc12. The van der Waals surface area contributed by atoms with E-state index in [9.17, 15) is 9.90 Å². The van der Waals surface area contributed by atoms with Crippen LogP contribution in [0.4, 0.5) is 0 Å². The van der Waals surface area contributed by atoms with Crippen LogP contribution in [0.3, 0.4) is 0 Å². The molecule has 0 fully saturated rings. The number of aliphatic hydroxyl groups is 1. The maximum atomic E-state index is 12.0. The van der Waals surface area contributed by atoms with Crippen molar-refractivity contribution in [3.8, 4) is 0 Å². The Balaban J connectivity index is 2.16. The van der Waals surface area contributed by atoms with Gasteiger partial charge in [0.25, 0.3) is 5.91 Å². The molecule has 0 aromatic carbocycles. The van der Waals surface area contributed by atoms with E-state index >= 15 is 0 Å². The molecule has 1 unspecified atom stereocenters. The molecule has 2 rings (SSSR count). The monoisotopic (exact) mass is 276 g/mol. The Morgan fingerprint density at radius 1 is 1.50 bits per heavy atom. The van der Waals surface area contributed by atoms with Crippen molar-refractivity contribution in [1.29, 1.82) is 0 Å². The maximum Gasteiger partial charge on any atom is 0.252 e. The lowest BCUT2D eigenvalue weighted by atomic mass is 10.1. The van der Waals surface area contributed by atoms with Crippen molar-refractivity contribution in [2.45, 2.75) is 26.9 Å². The van der Waals surface area contributed by atoms with E-state index in [1.807, 2.05) is 27.8 Å². The third-order valence-electron chi connectivity index (χ3n) is 3.37. The Labute approximate surface area is 117 Å². The molecule has 0 aliphatic rings. The van der Waals surface area contributed by atoms with E-state index in [0.717, 1.165) is 16.7 Å². The fraction of sp³-hybridized carbons (Fsp3) is 0.500. The second-order valence-corrected chi connectivity index (χ2v) is 5.33. The number of nitrogens with one attached hydrogen (secondary N) is 1. The number of rotatable bonds is 4. The highest BCUT2D eigenvalue weighted by molar-refractivity contribution is 5.97. The van der Waals surface area contributed by atoms with E-state index < -0.39 is 6.10 Å². The average molecular weight is 276 g/mol. The van der Waals surface area contributed by atoms with Crippen LogP contribution < -0.4 is 5.32 Å². The molecule has 0 saturated carbocycles. The fourth-order valence-corrected chi connectivity index (χ4v) is 1.97. The number of fused-ring (bicyclic) bond motifs is 1. The zero-order valence-corrected chi connectivity index (χ0v) is 12.2. The Kier molecular flexibility index (Phi) is 4.04. The van der Waals surface area contributed by atoms with E-state index in [2.05, 4.69) is 15.4 Å². The predicted molar refractivity (Wildman–Crippen MR) is 76.4 cm³/mol. The summed E-state index contributed by atoms with van der Waals surface area (Å²) >= 11 is 0. The summed E-state index contributed by atoms with van der Waals surface area (Å²) in [5, 5.41) is 17.5. The molecule has 2 N–H and O–H groups in total. The van der Waals surface area contributed by atoms with Crippen molar-refractivity contribution < 1.29 is 9.90 Å². The van der Waals surface area contributed by atoms with Gasteiger partial charge in [0.05, 0.1) is 17.4 Å². The van der Waals surface area contributed by atoms with Crippen molar-refractivity contribution in [2.75, 3.05) is 6.54 Å². The quantitative estimate of drug-likeness (QED) is 0.874. The minimum atomic E-state index is -0.546. The molecule has 108 valence electrons. The Bertz CT molecular complexity index is 633. The molecule has 1 amide bonds. The molecule has 0 aliphatic carbocycles. The van der Waals surface area contributed by atoms with Crippen LogP contribution in [-0.4, -0.2) is 38.4 Å². The zero-order valence-electron chi connectivity index (χ0n) is 12.2. The summed E-state index contributed by atoms with van der Waals surface area (Å²) < 4.78 is 1.69. The van der Waals surface area contributed by atoms with Crippen LogP contribution in [0, 0.1) is 12.8 Å². The molecule has 2 heterocycles. The predicted octanol–water partition coefficient (Wildman–Crippen LogP) is 1.02. The molecule has 2 aromatic heterocycles. The first-order chi connectivity index (χ1) is 9.40. The molecule has 0 spiro atoms. The first-order valence-electron chi connectivity index (χ1n) is 6.65. The van der Waals surface area contributed by atoms with Crippen LogP contribution in [0.5, 0.6) is 0 Å². The number of hydrogen-bond donors (Lipinski definition) is 2. The molecule has 2 aromatic rings. The maximum absolute atomic E-state index is 12.0. The summed E-state index contributed by atoms with van der Waals surface area (Å²) in [6.45, 7) is 5.93. The lowest BCUT2D eigenvalue weighted by molar-refractivity contribution is 0.0871. The van der Waals surface area contributed by atoms with Crippen LogP contribution in [0.25, 0.3) is 11.0 Å². The highest BCUT2D eigenvalue weighted by atomic mass is 16.3. The van der Waals surface area contributed by atoms with Crippen molar-refractivity contribution in [3.63, 3.8) is 0 Å². The Morgan fingerprint density at radius 2 is 2.20 bits per heavy atom. The van der Waals surface area contributed by atoms with E-state index in [4.69, 9.17) is 0 Å². The van der Waals surface area contributed by atoms with Crippen molar-refractivity contribution in [2.24, 2.45) is 13.0 Å². The number of aliphatic hydroxyl groups excluding tert-OH is 1. The topological polar surface area (TPSA) is 80.0 Å². The third-order valence-corrected chi connectivity index (χ3v) is 3.37. The standard InChI is InChI=1S/C14H20N4O2/c1-8(2)12(19)7-16-14(20)10-5-11-9(3)17-18(4)13(11)15-6-10/h5-6,8,12,19H,7H2,1-4H3,(H,16,20). The molecule has 0 radical (unpaired) electrons. The number of aromatic nitrogens is 3. The van der Waals surface area contributed by atoms with Crippen LogP contribution in [-0.2, 0) is 7.05 Å². The van der Waals surface area contributed by atoms with Gasteiger partial charge in [-0.15, -0.1) is 0 Å². The summed E-state index contributed by atoms with van der Waals surface area (Å²) in [6.07, 6.45) is 0.983. The van der Waals surface area contributed by atoms with E-state index in [1.54, 1.807) is 10.7 Å². The van der Waals surface area contributed by atoms with Gasteiger partial charge in [-0.05, 0) is 18.9 Å². The Hall–Kier alpha value is -1.95. The highest BCUT2D eigenvalue weighted by Crippen LogP contribution is 2.16. The second-order valence-electron chi connectivity index (χ2n) is 5.33. The normalized spacial score (nSPS) is 12.9. The van der Waals surface area contributed by atoms with Gasteiger partial charge in [0, 0.05) is 25.2 Å². The summed E-state index contributed by atoms with van der Waals surface area (Å²) in [5.41, 5.74) is 2.07. The molecule has 0 saturated heterocycles. The van der Waals surface area contributed by atoms with Gasteiger partial charge in [0.2, 0.25) is 0 Å². The summed E-state index contributed by atoms with van der Waals surface area (Å²) in [5.74, 6) is -0.126. The van der Waals surface area contributed by atoms with Gasteiger partial charge in [-0.3, -0.25) is 9.48 Å². The minimum absolute atomic E-state index is 0.108. The van der Waals surface area contributed by atoms with Crippen LogP contribution in [0.15, 0.2) is 12.3 Å². The van der Waals surface area contributed by atoms with Gasteiger partial charge in [0.1, 0.15) is 0 Å². The van der Waals surface area contributed by atoms with Gasteiger partial charge in [0.15, 0.2) is 5.65 Å².